The molecule has 1 amide bonds. The number of hydrazine groups is 1. The number of hydrogen-bond donors (Lipinski definition) is 3. The Bertz CT molecular complexity index is 1060. The summed E-state index contributed by atoms with van der Waals surface area (Å²) in [5, 5.41) is 11.2. The zero-order chi connectivity index (χ0) is 22.2. The molecule has 1 fully saturated rings. The molecular formula is C19H23N7O2. The summed E-state index contributed by atoms with van der Waals surface area (Å²) < 4.78 is 30.4. The highest BCUT2D eigenvalue weighted by atomic mass is 16.5. The highest BCUT2D eigenvalue weighted by Crippen LogP contribution is 2.35. The van der Waals surface area contributed by atoms with E-state index < -0.39 is 6.98 Å². The van der Waals surface area contributed by atoms with E-state index >= 15 is 0 Å². The second-order valence-corrected chi connectivity index (χ2v) is 6.61. The maximum Gasteiger partial charge on any atom is 0.228 e. The molecule has 1 aliphatic carbocycles. The molecule has 9 heteroatoms. The number of benzene rings is 1. The monoisotopic (exact) mass is 384 g/mol. The van der Waals surface area contributed by atoms with E-state index in [1.165, 1.54) is 6.20 Å². The van der Waals surface area contributed by atoms with Gasteiger partial charge >= 0.3 is 0 Å². The fraction of sp³-hybridized carbons (Fsp3) is 0.316. The standard InChI is InChI=1S/C19H23N7O2/c1-25-11-20-18(24-25)14-5-4-6-15(17(14)28-3)22-13-9-16(26(2)21-10-13)23-19(27)12-7-8-12/h4-6,9-12,21-22H,7-8H2,1-3H3,(H,23,27)/i2D3. The second kappa shape index (κ2) is 7.26. The topological polar surface area (TPSA) is 96.3 Å². The van der Waals surface area contributed by atoms with Crippen LogP contribution in [0.4, 0.5) is 5.69 Å². The number of carbonyl (C=O) groups excluding carboxylic acids is 1. The molecule has 1 aliphatic heterocycles. The van der Waals surface area contributed by atoms with E-state index in [0.717, 1.165) is 17.9 Å². The average Bonchev–Trinajstić information content (AvgIpc) is 3.48. The van der Waals surface area contributed by atoms with E-state index in [-0.39, 0.29) is 17.6 Å². The molecule has 0 spiro atoms. The quantitative estimate of drug-likeness (QED) is 0.695. The number of rotatable bonds is 6. The summed E-state index contributed by atoms with van der Waals surface area (Å²) in [6.07, 6.45) is 6.29. The minimum atomic E-state index is -2.48. The molecule has 1 aromatic carbocycles. The Labute approximate surface area is 167 Å². The van der Waals surface area contributed by atoms with Gasteiger partial charge in [0.05, 0.1) is 24.1 Å². The van der Waals surface area contributed by atoms with Crippen molar-refractivity contribution in [3.63, 3.8) is 0 Å². The number of carbonyl (C=O) groups is 1. The van der Waals surface area contributed by atoms with Crippen LogP contribution in [0.1, 0.15) is 17.0 Å². The lowest BCUT2D eigenvalue weighted by Gasteiger charge is -2.27. The molecule has 2 heterocycles. The third-order valence-electron chi connectivity index (χ3n) is 4.42. The van der Waals surface area contributed by atoms with Crippen LogP contribution in [-0.4, -0.2) is 39.8 Å². The first-order chi connectivity index (χ1) is 14.8. The predicted molar refractivity (Wildman–Crippen MR) is 105 cm³/mol. The van der Waals surface area contributed by atoms with Crippen LogP contribution in [-0.2, 0) is 11.8 Å². The van der Waals surface area contributed by atoms with Gasteiger partial charge in [0, 0.05) is 36.3 Å². The normalized spacial score (nSPS) is 18.1. The minimum Gasteiger partial charge on any atom is -0.494 e. The van der Waals surface area contributed by atoms with E-state index in [4.69, 9.17) is 8.85 Å². The summed E-state index contributed by atoms with van der Waals surface area (Å²) in [7, 11) is 3.33. The van der Waals surface area contributed by atoms with Gasteiger partial charge in [-0.15, -0.1) is 0 Å². The second-order valence-electron chi connectivity index (χ2n) is 6.61. The Balaban J connectivity index is 1.62. The van der Waals surface area contributed by atoms with Gasteiger partial charge in [-0.2, -0.15) is 5.10 Å². The van der Waals surface area contributed by atoms with Crippen LogP contribution in [0.25, 0.3) is 11.4 Å². The highest BCUT2D eigenvalue weighted by Gasteiger charge is 2.30. The SMILES string of the molecule is [2H]C([2H])([2H])N1NC=C(Nc2cccc(-c3ncn(C)n3)c2OC)C=C1NC(=O)C1CC1. The third-order valence-corrected chi connectivity index (χ3v) is 4.42. The maximum atomic E-state index is 12.2. The van der Waals surface area contributed by atoms with Gasteiger partial charge < -0.3 is 20.8 Å². The number of allylic oxidation sites excluding steroid dienone is 1. The van der Waals surface area contributed by atoms with Crippen LogP contribution in [0.2, 0.25) is 0 Å². The van der Waals surface area contributed by atoms with Gasteiger partial charge in [-0.3, -0.25) is 14.5 Å². The Morgan fingerprint density at radius 1 is 1.43 bits per heavy atom. The molecule has 0 bridgehead atoms. The van der Waals surface area contributed by atoms with Gasteiger partial charge in [0.1, 0.15) is 12.1 Å². The van der Waals surface area contributed by atoms with Crippen LogP contribution in [0, 0.1) is 5.92 Å². The summed E-state index contributed by atoms with van der Waals surface area (Å²) in [6, 6.07) is 5.50. The van der Waals surface area contributed by atoms with E-state index in [2.05, 4.69) is 26.1 Å². The number of ether oxygens (including phenoxy) is 1. The zero-order valence-electron chi connectivity index (χ0n) is 18.6. The van der Waals surface area contributed by atoms with Gasteiger partial charge in [0.25, 0.3) is 0 Å². The molecule has 9 nitrogen and oxygen atoms in total. The van der Waals surface area contributed by atoms with Gasteiger partial charge in [0.15, 0.2) is 11.6 Å². The van der Waals surface area contributed by atoms with Crippen LogP contribution in [0.3, 0.4) is 0 Å². The number of aryl methyl sites for hydroxylation is 1. The number of nitrogens with one attached hydrogen (secondary N) is 3. The average molecular weight is 384 g/mol. The van der Waals surface area contributed by atoms with Crippen molar-refractivity contribution in [2.24, 2.45) is 13.0 Å². The Morgan fingerprint density at radius 3 is 2.96 bits per heavy atom. The largest absolute Gasteiger partial charge is 0.494 e. The van der Waals surface area contributed by atoms with E-state index in [9.17, 15) is 4.79 Å². The number of anilines is 1. The van der Waals surface area contributed by atoms with Crippen LogP contribution in [0.15, 0.2) is 48.3 Å². The first-order valence-corrected chi connectivity index (χ1v) is 8.85. The molecule has 28 heavy (non-hydrogen) atoms. The molecule has 1 saturated carbocycles. The fourth-order valence-electron chi connectivity index (χ4n) is 2.84. The molecule has 146 valence electrons. The molecule has 3 N–H and O–H groups in total. The van der Waals surface area contributed by atoms with Gasteiger partial charge in [-0.05, 0) is 25.0 Å². The lowest BCUT2D eigenvalue weighted by molar-refractivity contribution is -0.122. The van der Waals surface area contributed by atoms with Crippen molar-refractivity contribution in [2.45, 2.75) is 12.8 Å². The van der Waals surface area contributed by atoms with Crippen molar-refractivity contribution in [1.29, 1.82) is 0 Å². The van der Waals surface area contributed by atoms with E-state index in [1.54, 1.807) is 31.2 Å². The molecule has 2 aromatic rings. The molecule has 0 unspecified atom stereocenters. The molecule has 4 rings (SSSR count). The van der Waals surface area contributed by atoms with E-state index in [1.807, 2.05) is 18.2 Å². The van der Waals surface area contributed by atoms with Crippen LogP contribution >= 0.6 is 0 Å². The van der Waals surface area contributed by atoms with Gasteiger partial charge in [-0.1, -0.05) is 6.07 Å². The predicted octanol–water partition coefficient (Wildman–Crippen LogP) is 1.56. The number of hydrogen-bond acceptors (Lipinski definition) is 7. The van der Waals surface area contributed by atoms with E-state index in [0.29, 0.717) is 28.5 Å². The highest BCUT2D eigenvalue weighted by molar-refractivity contribution is 5.82. The van der Waals surface area contributed by atoms with Gasteiger partial charge in [-0.25, -0.2) is 4.98 Å². The van der Waals surface area contributed by atoms with Crippen molar-refractivity contribution >= 4 is 11.6 Å². The number of aromatic nitrogens is 3. The molecule has 1 aromatic heterocycles. The van der Waals surface area contributed by atoms with Crippen molar-refractivity contribution in [2.75, 3.05) is 19.4 Å². The van der Waals surface area contributed by atoms with Crippen molar-refractivity contribution in [1.82, 2.24) is 30.5 Å². The summed E-state index contributed by atoms with van der Waals surface area (Å²) >= 11 is 0. The number of para-hydroxylation sites is 1. The number of amides is 1. The Kier molecular flexibility index (Phi) is 3.77. The lowest BCUT2D eigenvalue weighted by Crippen LogP contribution is -2.41. The maximum absolute atomic E-state index is 12.2. The van der Waals surface area contributed by atoms with Crippen molar-refractivity contribution < 1.29 is 13.6 Å². The molecule has 0 atom stereocenters. The lowest BCUT2D eigenvalue weighted by atomic mass is 10.1. The summed E-state index contributed by atoms with van der Waals surface area (Å²) in [5.41, 5.74) is 4.60. The Morgan fingerprint density at radius 2 is 2.29 bits per heavy atom. The molecule has 2 aliphatic rings. The zero-order valence-corrected chi connectivity index (χ0v) is 15.6. The molecule has 0 radical (unpaired) electrons. The smallest absolute Gasteiger partial charge is 0.228 e. The summed E-state index contributed by atoms with van der Waals surface area (Å²) in [5.74, 6) is 0.933. The fourth-order valence-corrected chi connectivity index (χ4v) is 2.84. The first-order valence-electron chi connectivity index (χ1n) is 10.4. The molecular weight excluding hydrogens is 358 g/mol. The van der Waals surface area contributed by atoms with Crippen molar-refractivity contribution in [3.8, 4) is 17.1 Å². The van der Waals surface area contributed by atoms with Crippen LogP contribution < -0.4 is 20.8 Å². The Hall–Kier alpha value is -3.49. The third kappa shape index (κ3) is 3.64. The van der Waals surface area contributed by atoms with Crippen LogP contribution in [0.5, 0.6) is 5.75 Å². The summed E-state index contributed by atoms with van der Waals surface area (Å²) in [4.78, 5) is 16.5. The summed E-state index contributed by atoms with van der Waals surface area (Å²) in [6.45, 7) is -2.48. The number of nitrogens with zero attached hydrogens (tertiary/aromatic N) is 4. The van der Waals surface area contributed by atoms with Crippen molar-refractivity contribution in [3.05, 3.63) is 48.3 Å². The number of methoxy groups -OCH3 is 1. The molecule has 0 saturated heterocycles. The minimum absolute atomic E-state index is 0.0654. The first kappa shape index (κ1) is 14.6. The van der Waals surface area contributed by atoms with Gasteiger partial charge in [0.2, 0.25) is 5.91 Å².